The van der Waals surface area contributed by atoms with Crippen molar-refractivity contribution in [1.82, 2.24) is 14.8 Å². The van der Waals surface area contributed by atoms with E-state index in [2.05, 4.69) is 10.1 Å². The third-order valence-electron chi connectivity index (χ3n) is 3.96. The summed E-state index contributed by atoms with van der Waals surface area (Å²) in [4.78, 5) is 4.25. The third-order valence-corrected chi connectivity index (χ3v) is 3.96. The van der Waals surface area contributed by atoms with Crippen molar-refractivity contribution >= 4 is 0 Å². The maximum Gasteiger partial charge on any atom is 0.435 e. The Morgan fingerprint density at radius 2 is 1.84 bits per heavy atom. The number of rotatable bonds is 4. The molecule has 3 rings (SSSR count). The fraction of sp³-hybridized carbons (Fsp3) is 0.222. The van der Waals surface area contributed by atoms with Crippen LogP contribution in [0.15, 0.2) is 54.7 Å². The van der Waals surface area contributed by atoms with Gasteiger partial charge in [0.2, 0.25) is 0 Å². The van der Waals surface area contributed by atoms with Crippen molar-refractivity contribution in [2.24, 2.45) is 12.8 Å². The summed E-state index contributed by atoms with van der Waals surface area (Å²) in [6.45, 7) is 0. The predicted molar refractivity (Wildman–Crippen MR) is 88.5 cm³/mol. The molecule has 1 unspecified atom stereocenters. The zero-order chi connectivity index (χ0) is 18.0. The van der Waals surface area contributed by atoms with E-state index < -0.39 is 11.9 Å². The second kappa shape index (κ2) is 6.68. The van der Waals surface area contributed by atoms with Crippen LogP contribution in [0.5, 0.6) is 0 Å². The van der Waals surface area contributed by atoms with Crippen LogP contribution in [0.1, 0.15) is 23.0 Å². The lowest BCUT2D eigenvalue weighted by atomic mass is 10.0. The molecule has 3 aromatic rings. The van der Waals surface area contributed by atoms with Gasteiger partial charge in [0.15, 0.2) is 5.69 Å². The van der Waals surface area contributed by atoms with Crippen LogP contribution in [-0.2, 0) is 19.6 Å². The van der Waals surface area contributed by atoms with Gasteiger partial charge in [0, 0.05) is 31.4 Å². The number of aromatic nitrogens is 3. The number of pyridine rings is 1. The molecular formula is C18H17F3N4. The average molecular weight is 346 g/mol. The van der Waals surface area contributed by atoms with Crippen LogP contribution in [0.3, 0.4) is 0 Å². The molecule has 2 heterocycles. The van der Waals surface area contributed by atoms with Crippen LogP contribution in [-0.4, -0.2) is 14.8 Å². The molecule has 1 atom stereocenters. The number of halogens is 3. The quantitative estimate of drug-likeness (QED) is 0.783. The highest BCUT2D eigenvalue weighted by Gasteiger charge is 2.34. The van der Waals surface area contributed by atoms with Gasteiger partial charge in [0.1, 0.15) is 0 Å². The molecule has 0 saturated heterocycles. The minimum atomic E-state index is -4.46. The van der Waals surface area contributed by atoms with E-state index in [-0.39, 0.29) is 6.04 Å². The normalized spacial score (nSPS) is 13.0. The Hall–Kier alpha value is -2.67. The second-order valence-corrected chi connectivity index (χ2v) is 5.79. The average Bonchev–Trinajstić information content (AvgIpc) is 2.98. The van der Waals surface area contributed by atoms with Gasteiger partial charge in [-0.2, -0.15) is 18.3 Å². The summed E-state index contributed by atoms with van der Waals surface area (Å²) in [5.74, 6) is 0. The van der Waals surface area contributed by atoms with Crippen molar-refractivity contribution in [3.05, 3.63) is 71.7 Å². The van der Waals surface area contributed by atoms with Gasteiger partial charge in [-0.25, -0.2) is 0 Å². The minimum absolute atomic E-state index is 0.235. The highest BCUT2D eigenvalue weighted by atomic mass is 19.4. The van der Waals surface area contributed by atoms with Gasteiger partial charge < -0.3 is 5.73 Å². The molecule has 2 N–H and O–H groups in total. The van der Waals surface area contributed by atoms with E-state index in [9.17, 15) is 13.2 Å². The summed E-state index contributed by atoms with van der Waals surface area (Å²) < 4.78 is 39.6. The zero-order valence-corrected chi connectivity index (χ0v) is 13.5. The summed E-state index contributed by atoms with van der Waals surface area (Å²) in [7, 11) is 1.49. The van der Waals surface area contributed by atoms with Gasteiger partial charge in [0.05, 0.1) is 5.69 Å². The number of benzene rings is 1. The molecule has 0 amide bonds. The van der Waals surface area contributed by atoms with Crippen molar-refractivity contribution in [2.45, 2.75) is 18.6 Å². The van der Waals surface area contributed by atoms with Crippen molar-refractivity contribution in [2.75, 3.05) is 0 Å². The molecule has 1 aromatic carbocycles. The zero-order valence-electron chi connectivity index (χ0n) is 13.5. The number of hydrogen-bond donors (Lipinski definition) is 1. The van der Waals surface area contributed by atoms with E-state index in [4.69, 9.17) is 5.73 Å². The smallest absolute Gasteiger partial charge is 0.324 e. The van der Waals surface area contributed by atoms with E-state index in [1.54, 1.807) is 18.3 Å². The van der Waals surface area contributed by atoms with Crippen LogP contribution < -0.4 is 5.73 Å². The van der Waals surface area contributed by atoms with Crippen LogP contribution in [0, 0.1) is 0 Å². The molecule has 7 heteroatoms. The Morgan fingerprint density at radius 3 is 2.40 bits per heavy atom. The first-order valence-corrected chi connectivity index (χ1v) is 7.71. The van der Waals surface area contributed by atoms with E-state index in [0.717, 1.165) is 17.3 Å². The summed E-state index contributed by atoms with van der Waals surface area (Å²) in [6, 6.07) is 13.6. The lowest BCUT2D eigenvalue weighted by molar-refractivity contribution is -0.141. The summed E-state index contributed by atoms with van der Waals surface area (Å²) in [6.07, 6.45) is -2.16. The molecular weight excluding hydrogens is 329 g/mol. The van der Waals surface area contributed by atoms with E-state index in [1.165, 1.54) is 11.7 Å². The van der Waals surface area contributed by atoms with Crippen molar-refractivity contribution in [3.8, 4) is 11.3 Å². The number of nitrogens with two attached hydrogens (primary N) is 1. The van der Waals surface area contributed by atoms with Gasteiger partial charge in [-0.3, -0.25) is 9.67 Å². The highest BCUT2D eigenvalue weighted by molar-refractivity contribution is 5.60. The SMILES string of the molecule is Cn1nc(C(F)(F)F)cc1-c1ccc(C(N)Cc2ccccn2)cc1. The highest BCUT2D eigenvalue weighted by Crippen LogP contribution is 2.31. The maximum atomic E-state index is 12.8. The third kappa shape index (κ3) is 3.88. The standard InChI is InChI=1S/C18H17F3N4/c1-25-16(11-17(24-25)18(19,20)21)13-7-5-12(6-8-13)15(22)10-14-4-2-3-9-23-14/h2-9,11,15H,10,22H2,1H3. The molecule has 0 aliphatic carbocycles. The Kier molecular flexibility index (Phi) is 4.59. The minimum Gasteiger partial charge on any atom is -0.324 e. The van der Waals surface area contributed by atoms with E-state index in [0.29, 0.717) is 17.7 Å². The molecule has 0 bridgehead atoms. The first-order chi connectivity index (χ1) is 11.8. The summed E-state index contributed by atoms with van der Waals surface area (Å²) in [5, 5.41) is 3.53. The first kappa shape index (κ1) is 17.2. The van der Waals surface area contributed by atoms with Crippen LogP contribution in [0.25, 0.3) is 11.3 Å². The Morgan fingerprint density at radius 1 is 1.12 bits per heavy atom. The van der Waals surface area contributed by atoms with E-state index in [1.807, 2.05) is 30.3 Å². The van der Waals surface area contributed by atoms with Crippen molar-refractivity contribution < 1.29 is 13.2 Å². The summed E-state index contributed by atoms with van der Waals surface area (Å²) in [5.41, 5.74) is 8.14. The lowest BCUT2D eigenvalue weighted by Gasteiger charge is -2.12. The number of aryl methyl sites for hydroxylation is 1. The Balaban J connectivity index is 1.79. The number of alkyl halides is 3. The second-order valence-electron chi connectivity index (χ2n) is 5.79. The lowest BCUT2D eigenvalue weighted by Crippen LogP contribution is -2.13. The largest absolute Gasteiger partial charge is 0.435 e. The van der Waals surface area contributed by atoms with Gasteiger partial charge in [-0.1, -0.05) is 30.3 Å². The molecule has 4 nitrogen and oxygen atoms in total. The van der Waals surface area contributed by atoms with E-state index >= 15 is 0 Å². The topological polar surface area (TPSA) is 56.7 Å². The molecule has 130 valence electrons. The molecule has 0 radical (unpaired) electrons. The monoisotopic (exact) mass is 346 g/mol. The fourth-order valence-electron chi connectivity index (χ4n) is 2.64. The molecule has 0 aliphatic rings. The molecule has 0 spiro atoms. The molecule has 25 heavy (non-hydrogen) atoms. The Bertz CT molecular complexity index is 839. The summed E-state index contributed by atoms with van der Waals surface area (Å²) >= 11 is 0. The molecule has 0 saturated carbocycles. The molecule has 0 aliphatic heterocycles. The van der Waals surface area contributed by atoms with Gasteiger partial charge in [0.25, 0.3) is 0 Å². The maximum absolute atomic E-state index is 12.8. The Labute approximate surface area is 143 Å². The van der Waals surface area contributed by atoms with Gasteiger partial charge >= 0.3 is 6.18 Å². The van der Waals surface area contributed by atoms with Crippen molar-refractivity contribution in [3.63, 3.8) is 0 Å². The molecule has 0 fully saturated rings. The fourth-order valence-corrected chi connectivity index (χ4v) is 2.64. The molecule has 2 aromatic heterocycles. The van der Waals surface area contributed by atoms with Crippen LogP contribution in [0.4, 0.5) is 13.2 Å². The number of nitrogens with zero attached hydrogens (tertiary/aromatic N) is 3. The predicted octanol–water partition coefficient (Wildman–Crippen LogP) is 3.74. The van der Waals surface area contributed by atoms with Gasteiger partial charge in [-0.15, -0.1) is 0 Å². The first-order valence-electron chi connectivity index (χ1n) is 7.71. The van der Waals surface area contributed by atoms with Crippen molar-refractivity contribution in [1.29, 1.82) is 0 Å². The van der Waals surface area contributed by atoms with Crippen LogP contribution >= 0.6 is 0 Å². The van der Waals surface area contributed by atoms with Crippen LogP contribution in [0.2, 0.25) is 0 Å². The van der Waals surface area contributed by atoms with Gasteiger partial charge in [-0.05, 0) is 29.3 Å². The number of hydrogen-bond acceptors (Lipinski definition) is 3.